The number of H-pyrrole nitrogens is 1. The number of furan rings is 1. The minimum Gasteiger partial charge on any atom is -0.462 e. The van der Waals surface area contributed by atoms with Crippen molar-refractivity contribution in [3.05, 3.63) is 58.6 Å². The summed E-state index contributed by atoms with van der Waals surface area (Å²) in [6.07, 6.45) is 0. The van der Waals surface area contributed by atoms with Gasteiger partial charge in [-0.05, 0) is 38.5 Å². The number of Topliss-reactive ketones (excluding diaryl/α,β-unsaturated/α-hetero) is 1. The molecule has 0 aliphatic heterocycles. The molecule has 3 rings (SSSR count). The maximum Gasteiger partial charge on any atom is 0.374 e. The Kier molecular flexibility index (Phi) is 5.12. The lowest BCUT2D eigenvalue weighted by Gasteiger charge is -2.03. The fourth-order valence-corrected chi connectivity index (χ4v) is 2.90. The molecule has 1 N–H and O–H groups in total. The Morgan fingerprint density at radius 3 is 2.52 bits per heavy atom. The molecule has 0 unspecified atom stereocenters. The SMILES string of the molecule is CCOC(=O)c1c(C)[nH]c(C(=O)COC(=O)c2cc3ccccc3o2)c1C. The van der Waals surface area contributed by atoms with Crippen LogP contribution in [-0.2, 0) is 9.47 Å². The molecule has 7 nitrogen and oxygen atoms in total. The van der Waals surface area contributed by atoms with Gasteiger partial charge < -0.3 is 18.9 Å². The minimum atomic E-state index is -0.730. The van der Waals surface area contributed by atoms with Crippen molar-refractivity contribution in [2.75, 3.05) is 13.2 Å². The number of ketones is 1. The fraction of sp³-hybridized carbons (Fsp3) is 0.250. The summed E-state index contributed by atoms with van der Waals surface area (Å²) in [5.74, 6) is -1.65. The number of hydrogen-bond donors (Lipinski definition) is 1. The molecule has 0 saturated carbocycles. The molecule has 0 bridgehead atoms. The molecule has 7 heteroatoms. The predicted octanol–water partition coefficient (Wildman–Crippen LogP) is 3.59. The first-order chi connectivity index (χ1) is 12.9. The van der Waals surface area contributed by atoms with Gasteiger partial charge in [-0.2, -0.15) is 0 Å². The molecule has 0 aliphatic rings. The largest absolute Gasteiger partial charge is 0.462 e. The number of hydrogen-bond acceptors (Lipinski definition) is 6. The van der Waals surface area contributed by atoms with Gasteiger partial charge in [0, 0.05) is 11.1 Å². The van der Waals surface area contributed by atoms with Crippen LogP contribution in [0.4, 0.5) is 0 Å². The van der Waals surface area contributed by atoms with Gasteiger partial charge in [0.05, 0.1) is 17.9 Å². The predicted molar refractivity (Wildman–Crippen MR) is 97.1 cm³/mol. The van der Waals surface area contributed by atoms with Crippen LogP contribution in [0.1, 0.15) is 49.6 Å². The van der Waals surface area contributed by atoms with Gasteiger partial charge in [-0.1, -0.05) is 18.2 Å². The van der Waals surface area contributed by atoms with E-state index in [2.05, 4.69) is 4.98 Å². The van der Waals surface area contributed by atoms with Crippen LogP contribution >= 0.6 is 0 Å². The first kappa shape index (κ1) is 18.4. The lowest BCUT2D eigenvalue weighted by atomic mass is 10.1. The van der Waals surface area contributed by atoms with Crippen LogP contribution in [0.25, 0.3) is 11.0 Å². The van der Waals surface area contributed by atoms with Crippen molar-refractivity contribution in [3.8, 4) is 0 Å². The number of benzene rings is 1. The standard InChI is InChI=1S/C20H19NO6/c1-4-25-20(24)17-11(2)18(21-12(17)3)14(22)10-26-19(23)16-9-13-7-5-6-8-15(13)27-16/h5-9,21H,4,10H2,1-3H3. The smallest absolute Gasteiger partial charge is 0.374 e. The lowest BCUT2D eigenvalue weighted by molar-refractivity contribution is 0.0444. The molecule has 0 atom stereocenters. The molecule has 140 valence electrons. The van der Waals surface area contributed by atoms with Crippen molar-refractivity contribution >= 4 is 28.7 Å². The number of nitrogens with one attached hydrogen (secondary N) is 1. The van der Waals surface area contributed by atoms with Crippen LogP contribution in [0.2, 0.25) is 0 Å². The second kappa shape index (κ2) is 7.49. The van der Waals surface area contributed by atoms with Crippen molar-refractivity contribution in [2.24, 2.45) is 0 Å². The van der Waals surface area contributed by atoms with Gasteiger partial charge in [0.25, 0.3) is 0 Å². The highest BCUT2D eigenvalue weighted by atomic mass is 16.5. The molecule has 1 aromatic carbocycles. The topological polar surface area (TPSA) is 98.6 Å². The Labute approximate surface area is 155 Å². The first-order valence-corrected chi connectivity index (χ1v) is 8.47. The number of aromatic amines is 1. The van der Waals surface area contributed by atoms with Gasteiger partial charge in [-0.3, -0.25) is 4.79 Å². The van der Waals surface area contributed by atoms with Crippen LogP contribution in [0.3, 0.4) is 0 Å². The Bertz CT molecular complexity index is 993. The molecule has 0 aliphatic carbocycles. The van der Waals surface area contributed by atoms with Crippen LogP contribution < -0.4 is 0 Å². The van der Waals surface area contributed by atoms with Crippen molar-refractivity contribution in [3.63, 3.8) is 0 Å². The highest BCUT2D eigenvalue weighted by Crippen LogP contribution is 2.21. The maximum absolute atomic E-state index is 12.4. The van der Waals surface area contributed by atoms with Crippen LogP contribution in [0.15, 0.2) is 34.7 Å². The summed E-state index contributed by atoms with van der Waals surface area (Å²) in [6, 6.07) is 8.73. The zero-order valence-corrected chi connectivity index (χ0v) is 15.3. The molecule has 2 heterocycles. The van der Waals surface area contributed by atoms with Gasteiger partial charge in [0.2, 0.25) is 11.5 Å². The molecule has 0 radical (unpaired) electrons. The number of fused-ring (bicyclic) bond motifs is 1. The summed E-state index contributed by atoms with van der Waals surface area (Å²) in [7, 11) is 0. The first-order valence-electron chi connectivity index (χ1n) is 8.47. The number of esters is 2. The summed E-state index contributed by atoms with van der Waals surface area (Å²) in [6.45, 7) is 4.79. The number of aryl methyl sites for hydroxylation is 1. The third-order valence-electron chi connectivity index (χ3n) is 4.16. The molecule has 2 aromatic heterocycles. The maximum atomic E-state index is 12.4. The molecule has 27 heavy (non-hydrogen) atoms. The van der Waals surface area contributed by atoms with E-state index in [4.69, 9.17) is 13.9 Å². The van der Waals surface area contributed by atoms with Gasteiger partial charge in [-0.15, -0.1) is 0 Å². The molecule has 0 saturated heterocycles. The zero-order valence-electron chi connectivity index (χ0n) is 15.3. The molecular formula is C20H19NO6. The van der Waals surface area contributed by atoms with E-state index in [1.165, 1.54) is 0 Å². The Morgan fingerprint density at radius 1 is 1.07 bits per heavy atom. The molecule has 0 amide bonds. The van der Waals surface area contributed by atoms with Crippen molar-refractivity contribution in [2.45, 2.75) is 20.8 Å². The van der Waals surface area contributed by atoms with Crippen molar-refractivity contribution in [1.29, 1.82) is 0 Å². The summed E-state index contributed by atoms with van der Waals surface area (Å²) in [4.78, 5) is 39.5. The lowest BCUT2D eigenvalue weighted by Crippen LogP contribution is -2.15. The van der Waals surface area contributed by atoms with E-state index in [1.807, 2.05) is 12.1 Å². The second-order valence-corrected chi connectivity index (χ2v) is 5.99. The second-order valence-electron chi connectivity index (χ2n) is 5.99. The summed E-state index contributed by atoms with van der Waals surface area (Å²) in [5.41, 5.74) is 2.09. The number of rotatable bonds is 6. The van der Waals surface area contributed by atoms with E-state index in [0.29, 0.717) is 22.4 Å². The summed E-state index contributed by atoms with van der Waals surface area (Å²) < 4.78 is 15.5. The quantitative estimate of drug-likeness (QED) is 0.527. The van der Waals surface area contributed by atoms with Gasteiger partial charge in [-0.25, -0.2) is 9.59 Å². The zero-order chi connectivity index (χ0) is 19.6. The Hall–Kier alpha value is -3.35. The average Bonchev–Trinajstić information content (AvgIpc) is 3.20. The van der Waals surface area contributed by atoms with Gasteiger partial charge in [0.1, 0.15) is 5.58 Å². The van der Waals surface area contributed by atoms with E-state index in [0.717, 1.165) is 5.39 Å². The van der Waals surface area contributed by atoms with Crippen LogP contribution in [-0.4, -0.2) is 35.9 Å². The Balaban J connectivity index is 1.71. The number of aromatic nitrogens is 1. The Morgan fingerprint density at radius 2 is 1.81 bits per heavy atom. The monoisotopic (exact) mass is 369 g/mol. The van der Waals surface area contributed by atoms with E-state index in [1.54, 1.807) is 39.0 Å². The van der Waals surface area contributed by atoms with E-state index in [-0.39, 0.29) is 18.1 Å². The average molecular weight is 369 g/mol. The molecular weight excluding hydrogens is 350 g/mol. The van der Waals surface area contributed by atoms with Crippen molar-refractivity contribution < 1.29 is 28.3 Å². The fourth-order valence-electron chi connectivity index (χ4n) is 2.90. The minimum absolute atomic E-state index is 0.0237. The van der Waals surface area contributed by atoms with Gasteiger partial charge in [0.15, 0.2) is 6.61 Å². The van der Waals surface area contributed by atoms with Crippen LogP contribution in [0.5, 0.6) is 0 Å². The number of carbonyl (C=O) groups excluding carboxylic acids is 3. The molecule has 3 aromatic rings. The highest BCUT2D eigenvalue weighted by molar-refractivity contribution is 6.03. The van der Waals surface area contributed by atoms with Gasteiger partial charge >= 0.3 is 11.9 Å². The van der Waals surface area contributed by atoms with Crippen molar-refractivity contribution in [1.82, 2.24) is 4.98 Å². The molecule has 0 fully saturated rings. The number of para-hydroxylation sites is 1. The number of carbonyl (C=O) groups is 3. The van der Waals surface area contributed by atoms with E-state index >= 15 is 0 Å². The van der Waals surface area contributed by atoms with E-state index < -0.39 is 24.3 Å². The third-order valence-corrected chi connectivity index (χ3v) is 4.16. The highest BCUT2D eigenvalue weighted by Gasteiger charge is 2.24. The third kappa shape index (κ3) is 3.62. The van der Waals surface area contributed by atoms with E-state index in [9.17, 15) is 14.4 Å². The summed E-state index contributed by atoms with van der Waals surface area (Å²) in [5, 5.41) is 0.769. The number of ether oxygens (including phenoxy) is 2. The molecule has 0 spiro atoms. The normalized spacial score (nSPS) is 10.8. The van der Waals surface area contributed by atoms with Crippen LogP contribution in [0, 0.1) is 13.8 Å². The summed E-state index contributed by atoms with van der Waals surface area (Å²) >= 11 is 0.